The summed E-state index contributed by atoms with van der Waals surface area (Å²) < 4.78 is 60.3. The van der Waals surface area contributed by atoms with Crippen molar-refractivity contribution in [3.05, 3.63) is 88.0 Å². The summed E-state index contributed by atoms with van der Waals surface area (Å²) in [5.41, 5.74) is -0.901. The first-order valence-electron chi connectivity index (χ1n) is 9.05. The molecule has 0 saturated heterocycles. The van der Waals surface area contributed by atoms with Crippen molar-refractivity contribution < 1.29 is 26.9 Å². The van der Waals surface area contributed by atoms with Crippen molar-refractivity contribution in [2.75, 3.05) is 0 Å². The molecule has 0 bridgehead atoms. The summed E-state index contributed by atoms with van der Waals surface area (Å²) in [6.45, 7) is -0.0845. The van der Waals surface area contributed by atoms with Gasteiger partial charge in [-0.3, -0.25) is 14.0 Å². The number of alkyl halides is 3. The van der Waals surface area contributed by atoms with Gasteiger partial charge in [-0.1, -0.05) is 41.9 Å². The lowest BCUT2D eigenvalue weighted by Gasteiger charge is -2.26. The predicted molar refractivity (Wildman–Crippen MR) is 108 cm³/mol. The van der Waals surface area contributed by atoms with Gasteiger partial charge in [-0.15, -0.1) is 0 Å². The van der Waals surface area contributed by atoms with Crippen LogP contribution in [0.4, 0.5) is 13.2 Å². The van der Waals surface area contributed by atoms with E-state index in [0.717, 1.165) is 12.1 Å². The summed E-state index contributed by atoms with van der Waals surface area (Å²) >= 11 is 6.20. The number of nitrogens with zero attached hydrogens (tertiary/aromatic N) is 2. The van der Waals surface area contributed by atoms with E-state index in [4.69, 9.17) is 16.3 Å². The first kappa shape index (κ1) is 21.5. The minimum absolute atomic E-state index is 0.0845. The quantitative estimate of drug-likeness (QED) is 0.546. The number of carbonyl (C=O) groups excluding carboxylic acids is 1. The standard InChI is InChI=1S/C21H14ClF3N2O3S/c22-14-7-6-13(21(23,24)25)16(19(14)30-10-12-4-2-1-3-5-12)20-18(28)17-15(11-31(20)29)26-8-9-27-17/h1-9,20H,10-11H2. The molecule has 0 aliphatic carbocycles. The molecule has 2 atom stereocenters. The van der Waals surface area contributed by atoms with Gasteiger partial charge in [0.25, 0.3) is 0 Å². The highest BCUT2D eigenvalue weighted by Gasteiger charge is 2.45. The van der Waals surface area contributed by atoms with Crippen molar-refractivity contribution in [2.24, 2.45) is 0 Å². The van der Waals surface area contributed by atoms with Crippen LogP contribution < -0.4 is 4.74 Å². The van der Waals surface area contributed by atoms with Crippen molar-refractivity contribution in [1.29, 1.82) is 0 Å². The highest BCUT2D eigenvalue weighted by atomic mass is 35.5. The topological polar surface area (TPSA) is 69.2 Å². The molecule has 10 heteroatoms. The Morgan fingerprint density at radius 2 is 1.81 bits per heavy atom. The van der Waals surface area contributed by atoms with E-state index in [9.17, 15) is 22.2 Å². The van der Waals surface area contributed by atoms with Crippen LogP contribution >= 0.6 is 11.6 Å². The van der Waals surface area contributed by atoms with E-state index in [-0.39, 0.29) is 34.5 Å². The maximum Gasteiger partial charge on any atom is 0.416 e. The van der Waals surface area contributed by atoms with Crippen LogP contribution in [0, 0.1) is 0 Å². The molecule has 5 nitrogen and oxygen atoms in total. The number of fused-ring (bicyclic) bond motifs is 1. The van der Waals surface area contributed by atoms with Crippen LogP contribution in [0.3, 0.4) is 0 Å². The summed E-state index contributed by atoms with van der Waals surface area (Å²) in [5.74, 6) is -1.34. The highest BCUT2D eigenvalue weighted by molar-refractivity contribution is 7.85. The van der Waals surface area contributed by atoms with Gasteiger partial charge in [0.2, 0.25) is 5.78 Å². The first-order chi connectivity index (χ1) is 14.8. The van der Waals surface area contributed by atoms with Crippen LogP contribution in [0.25, 0.3) is 0 Å². The number of Topliss-reactive ketones (excluding diaryl/α,β-unsaturated/α-hetero) is 1. The maximum atomic E-state index is 13.9. The number of hydrogen-bond donors (Lipinski definition) is 0. The Morgan fingerprint density at radius 1 is 1.10 bits per heavy atom. The fourth-order valence-corrected chi connectivity index (χ4v) is 5.07. The number of halogens is 4. The highest BCUT2D eigenvalue weighted by Crippen LogP contribution is 2.46. The third-order valence-electron chi connectivity index (χ3n) is 4.73. The molecule has 0 saturated carbocycles. The number of hydrogen-bond acceptors (Lipinski definition) is 5. The van der Waals surface area contributed by atoms with Crippen LogP contribution in [-0.2, 0) is 29.3 Å². The molecule has 2 heterocycles. The summed E-state index contributed by atoms with van der Waals surface area (Å²) in [6.07, 6.45) is -2.23. The van der Waals surface area contributed by atoms with Crippen LogP contribution in [0.15, 0.2) is 54.9 Å². The predicted octanol–water partition coefficient (Wildman–Crippen LogP) is 4.91. The zero-order valence-corrected chi connectivity index (χ0v) is 17.3. The van der Waals surface area contributed by atoms with Crippen molar-refractivity contribution in [3.8, 4) is 5.75 Å². The average Bonchev–Trinajstić information content (AvgIpc) is 2.73. The van der Waals surface area contributed by atoms with Gasteiger partial charge in [-0.2, -0.15) is 13.2 Å². The molecule has 2 aromatic carbocycles. The van der Waals surface area contributed by atoms with E-state index < -0.39 is 39.1 Å². The van der Waals surface area contributed by atoms with E-state index in [1.807, 2.05) is 0 Å². The molecule has 2 unspecified atom stereocenters. The maximum absolute atomic E-state index is 13.9. The Labute approximate surface area is 182 Å². The Bertz CT molecular complexity index is 1170. The third-order valence-corrected chi connectivity index (χ3v) is 6.56. The number of rotatable bonds is 4. The van der Waals surface area contributed by atoms with Gasteiger partial charge >= 0.3 is 6.18 Å². The molecular formula is C21H14ClF3N2O3S. The molecule has 0 N–H and O–H groups in total. The lowest BCUT2D eigenvalue weighted by atomic mass is 9.97. The number of carbonyl (C=O) groups is 1. The van der Waals surface area contributed by atoms with E-state index >= 15 is 0 Å². The van der Waals surface area contributed by atoms with E-state index in [0.29, 0.717) is 5.56 Å². The molecule has 0 spiro atoms. The van der Waals surface area contributed by atoms with Gasteiger partial charge < -0.3 is 4.74 Å². The van der Waals surface area contributed by atoms with Gasteiger partial charge in [0, 0.05) is 28.8 Å². The molecule has 0 amide bonds. The Balaban J connectivity index is 1.86. The normalized spacial score (nSPS) is 18.5. The Kier molecular flexibility index (Phi) is 5.81. The van der Waals surface area contributed by atoms with Crippen molar-refractivity contribution in [2.45, 2.75) is 23.8 Å². The molecule has 31 heavy (non-hydrogen) atoms. The molecule has 0 fully saturated rings. The van der Waals surface area contributed by atoms with Crippen LogP contribution in [0.5, 0.6) is 5.75 Å². The second-order valence-corrected chi connectivity index (χ2v) is 8.66. The second kappa shape index (κ2) is 8.39. The number of benzene rings is 2. The molecule has 4 rings (SSSR count). The monoisotopic (exact) mass is 466 g/mol. The summed E-state index contributed by atoms with van der Waals surface area (Å²) in [7, 11) is -2.02. The lowest BCUT2D eigenvalue weighted by molar-refractivity contribution is -0.138. The summed E-state index contributed by atoms with van der Waals surface area (Å²) in [6, 6.07) is 10.6. The van der Waals surface area contributed by atoms with Gasteiger partial charge in [0.15, 0.2) is 0 Å². The minimum Gasteiger partial charge on any atom is -0.487 e. The molecule has 1 aromatic heterocycles. The zero-order valence-electron chi connectivity index (χ0n) is 15.7. The first-order valence-corrected chi connectivity index (χ1v) is 10.8. The van der Waals surface area contributed by atoms with Crippen molar-refractivity contribution in [3.63, 3.8) is 0 Å². The van der Waals surface area contributed by atoms with E-state index in [1.54, 1.807) is 30.3 Å². The lowest BCUT2D eigenvalue weighted by Crippen LogP contribution is -2.30. The molecule has 160 valence electrons. The average molecular weight is 467 g/mol. The van der Waals surface area contributed by atoms with Crippen molar-refractivity contribution >= 4 is 28.2 Å². The van der Waals surface area contributed by atoms with Crippen molar-refractivity contribution in [1.82, 2.24) is 9.97 Å². The smallest absolute Gasteiger partial charge is 0.416 e. The zero-order chi connectivity index (χ0) is 22.2. The van der Waals surface area contributed by atoms with Gasteiger partial charge in [0.1, 0.15) is 23.3 Å². The van der Waals surface area contributed by atoms with E-state index in [2.05, 4.69) is 9.97 Å². The summed E-state index contributed by atoms with van der Waals surface area (Å²) in [4.78, 5) is 21.0. The van der Waals surface area contributed by atoms with Crippen LogP contribution in [-0.4, -0.2) is 20.0 Å². The minimum atomic E-state index is -4.82. The third kappa shape index (κ3) is 4.20. The van der Waals surface area contributed by atoms with E-state index in [1.165, 1.54) is 12.4 Å². The molecule has 0 radical (unpaired) electrons. The molecular weight excluding hydrogens is 453 g/mol. The Hall–Kier alpha value is -2.78. The summed E-state index contributed by atoms with van der Waals surface area (Å²) in [5, 5.41) is -1.75. The largest absolute Gasteiger partial charge is 0.487 e. The number of ether oxygens (including phenoxy) is 1. The fraction of sp³-hybridized carbons (Fsp3) is 0.190. The molecule has 3 aromatic rings. The SMILES string of the molecule is O=C1c2nccnc2CS(=O)C1c1c(C(F)(F)F)ccc(Cl)c1OCc1ccccc1. The fourth-order valence-electron chi connectivity index (χ4n) is 3.36. The van der Waals surface area contributed by atoms with Crippen LogP contribution in [0.1, 0.15) is 38.1 Å². The molecule has 1 aliphatic rings. The van der Waals surface area contributed by atoms with Gasteiger partial charge in [0.05, 0.1) is 22.0 Å². The number of ketones is 1. The Morgan fingerprint density at radius 3 is 2.52 bits per heavy atom. The van der Waals surface area contributed by atoms with Gasteiger partial charge in [-0.25, -0.2) is 4.98 Å². The van der Waals surface area contributed by atoms with Crippen LogP contribution in [0.2, 0.25) is 5.02 Å². The molecule has 1 aliphatic heterocycles. The second-order valence-electron chi connectivity index (χ2n) is 6.73. The van der Waals surface area contributed by atoms with Gasteiger partial charge in [-0.05, 0) is 17.7 Å². The number of aromatic nitrogens is 2.